The van der Waals surface area contributed by atoms with Crippen LogP contribution in [-0.4, -0.2) is 12.0 Å². The zero-order valence-electron chi connectivity index (χ0n) is 13.9. The van der Waals surface area contributed by atoms with Gasteiger partial charge in [-0.25, -0.2) is 0 Å². The molecule has 1 N–H and O–H groups in total. The molecule has 2 rings (SSSR count). The van der Waals surface area contributed by atoms with Gasteiger partial charge in [-0.3, -0.25) is 4.79 Å². The smallest absolute Gasteiger partial charge is 0.265 e. The molecule has 23 heavy (non-hydrogen) atoms. The number of hydrogen-bond donors (Lipinski definition) is 1. The molecule has 122 valence electrons. The normalized spacial score (nSPS) is 12.1. The molecule has 0 aliphatic carbocycles. The Morgan fingerprint density at radius 1 is 1.09 bits per heavy atom. The summed E-state index contributed by atoms with van der Waals surface area (Å²) in [6.07, 6.45) is -0.567. The predicted octanol–water partition coefficient (Wildman–Crippen LogP) is 5.29. The Labute approximate surface area is 146 Å². The summed E-state index contributed by atoms with van der Waals surface area (Å²) in [5.74, 6) is 1.01. The average Bonchev–Trinajstić information content (AvgIpc) is 2.50. The summed E-state index contributed by atoms with van der Waals surface area (Å²) in [5.41, 5.74) is 3.05. The van der Waals surface area contributed by atoms with E-state index in [0.717, 1.165) is 15.7 Å². The van der Waals surface area contributed by atoms with Crippen molar-refractivity contribution in [2.45, 2.75) is 39.7 Å². The molecule has 0 aromatic heterocycles. The molecule has 4 heteroatoms. The van der Waals surface area contributed by atoms with Gasteiger partial charge in [-0.1, -0.05) is 41.9 Å². The van der Waals surface area contributed by atoms with Crippen LogP contribution in [0.3, 0.4) is 0 Å². The van der Waals surface area contributed by atoms with Crippen LogP contribution in [0.4, 0.5) is 5.69 Å². The number of benzene rings is 2. The van der Waals surface area contributed by atoms with E-state index in [-0.39, 0.29) is 5.91 Å². The first kappa shape index (κ1) is 17.5. The van der Waals surface area contributed by atoms with Gasteiger partial charge in [-0.05, 0) is 61.2 Å². The SMILES string of the molecule is Cc1cc(Br)ccc1NC(=O)C(C)Oc1ccc(C(C)C)cc1. The topological polar surface area (TPSA) is 38.3 Å². The Balaban J connectivity index is 1.99. The summed E-state index contributed by atoms with van der Waals surface area (Å²) in [5, 5.41) is 2.90. The molecule has 3 nitrogen and oxygen atoms in total. The molecule has 0 saturated heterocycles. The van der Waals surface area contributed by atoms with E-state index >= 15 is 0 Å². The lowest BCUT2D eigenvalue weighted by atomic mass is 10.0. The van der Waals surface area contributed by atoms with Gasteiger partial charge in [0.2, 0.25) is 0 Å². The van der Waals surface area contributed by atoms with Crippen LogP contribution in [0.25, 0.3) is 0 Å². The number of carbonyl (C=O) groups is 1. The summed E-state index contributed by atoms with van der Waals surface area (Å²) in [7, 11) is 0. The second-order valence-electron chi connectivity index (χ2n) is 5.93. The first-order valence-electron chi connectivity index (χ1n) is 7.70. The summed E-state index contributed by atoms with van der Waals surface area (Å²) < 4.78 is 6.71. The zero-order valence-corrected chi connectivity index (χ0v) is 15.5. The first-order chi connectivity index (χ1) is 10.9. The van der Waals surface area contributed by atoms with Crippen LogP contribution < -0.4 is 10.1 Å². The van der Waals surface area contributed by atoms with Gasteiger partial charge in [0.1, 0.15) is 5.75 Å². The van der Waals surface area contributed by atoms with E-state index in [9.17, 15) is 4.79 Å². The highest BCUT2D eigenvalue weighted by Crippen LogP contribution is 2.22. The van der Waals surface area contributed by atoms with E-state index in [4.69, 9.17) is 4.74 Å². The maximum Gasteiger partial charge on any atom is 0.265 e. The molecule has 0 saturated carbocycles. The van der Waals surface area contributed by atoms with Crippen molar-refractivity contribution < 1.29 is 9.53 Å². The van der Waals surface area contributed by atoms with Crippen LogP contribution in [0.15, 0.2) is 46.9 Å². The van der Waals surface area contributed by atoms with Crippen molar-refractivity contribution in [3.05, 3.63) is 58.1 Å². The first-order valence-corrected chi connectivity index (χ1v) is 8.49. The van der Waals surface area contributed by atoms with Gasteiger partial charge < -0.3 is 10.1 Å². The van der Waals surface area contributed by atoms with Crippen molar-refractivity contribution in [2.24, 2.45) is 0 Å². The van der Waals surface area contributed by atoms with Gasteiger partial charge in [-0.2, -0.15) is 0 Å². The number of anilines is 1. The summed E-state index contributed by atoms with van der Waals surface area (Å²) in [4.78, 5) is 12.3. The Bertz CT molecular complexity index is 680. The number of rotatable bonds is 5. The standard InChI is InChI=1S/C19H22BrNO2/c1-12(2)15-5-8-17(9-6-15)23-14(4)19(22)21-18-10-7-16(20)11-13(18)3/h5-12,14H,1-4H3,(H,21,22). The van der Waals surface area contributed by atoms with Crippen molar-refractivity contribution in [1.82, 2.24) is 0 Å². The molecule has 1 atom stereocenters. The fourth-order valence-corrected chi connectivity index (χ4v) is 2.67. The van der Waals surface area contributed by atoms with E-state index in [1.165, 1.54) is 5.56 Å². The molecule has 2 aromatic carbocycles. The fraction of sp³-hybridized carbons (Fsp3) is 0.316. The van der Waals surface area contributed by atoms with Crippen molar-refractivity contribution in [1.29, 1.82) is 0 Å². The summed E-state index contributed by atoms with van der Waals surface area (Å²) >= 11 is 3.41. The largest absolute Gasteiger partial charge is 0.481 e. The van der Waals surface area contributed by atoms with Gasteiger partial charge in [0.15, 0.2) is 6.10 Å². The Morgan fingerprint density at radius 2 is 1.74 bits per heavy atom. The second-order valence-corrected chi connectivity index (χ2v) is 6.85. The zero-order chi connectivity index (χ0) is 17.0. The van der Waals surface area contributed by atoms with E-state index in [1.807, 2.05) is 49.4 Å². The monoisotopic (exact) mass is 375 g/mol. The fourth-order valence-electron chi connectivity index (χ4n) is 2.19. The van der Waals surface area contributed by atoms with Crippen LogP contribution in [0.1, 0.15) is 37.8 Å². The third kappa shape index (κ3) is 4.83. The van der Waals surface area contributed by atoms with Gasteiger partial charge in [0.05, 0.1) is 0 Å². The minimum Gasteiger partial charge on any atom is -0.481 e. The minimum atomic E-state index is -0.567. The molecule has 0 bridgehead atoms. The van der Waals surface area contributed by atoms with Gasteiger partial charge in [-0.15, -0.1) is 0 Å². The van der Waals surface area contributed by atoms with Crippen LogP contribution >= 0.6 is 15.9 Å². The van der Waals surface area contributed by atoms with Crippen LogP contribution in [-0.2, 0) is 4.79 Å². The molecule has 0 aliphatic heterocycles. The third-order valence-electron chi connectivity index (χ3n) is 3.68. The van der Waals surface area contributed by atoms with Crippen LogP contribution in [0.2, 0.25) is 0 Å². The Hall–Kier alpha value is -1.81. The lowest BCUT2D eigenvalue weighted by molar-refractivity contribution is -0.122. The predicted molar refractivity (Wildman–Crippen MR) is 98.1 cm³/mol. The van der Waals surface area contributed by atoms with Gasteiger partial charge in [0, 0.05) is 10.2 Å². The average molecular weight is 376 g/mol. The molecule has 0 aliphatic rings. The Morgan fingerprint density at radius 3 is 2.30 bits per heavy atom. The number of hydrogen-bond acceptors (Lipinski definition) is 2. The number of aryl methyl sites for hydroxylation is 1. The lowest BCUT2D eigenvalue weighted by Crippen LogP contribution is -2.30. The Kier molecular flexibility index (Phi) is 5.83. The van der Waals surface area contributed by atoms with Crippen LogP contribution in [0.5, 0.6) is 5.75 Å². The minimum absolute atomic E-state index is 0.164. The van der Waals surface area contributed by atoms with Gasteiger partial charge >= 0.3 is 0 Å². The maximum absolute atomic E-state index is 12.3. The van der Waals surface area contributed by atoms with Gasteiger partial charge in [0.25, 0.3) is 5.91 Å². The number of amides is 1. The molecule has 1 amide bonds. The highest BCUT2D eigenvalue weighted by Gasteiger charge is 2.16. The highest BCUT2D eigenvalue weighted by molar-refractivity contribution is 9.10. The van der Waals surface area contributed by atoms with Crippen molar-refractivity contribution in [2.75, 3.05) is 5.32 Å². The number of carbonyl (C=O) groups excluding carboxylic acids is 1. The van der Waals surface area contributed by atoms with Crippen molar-refractivity contribution in [3.63, 3.8) is 0 Å². The quantitative estimate of drug-likeness (QED) is 0.770. The molecule has 0 heterocycles. The molecular formula is C19H22BrNO2. The molecule has 0 fully saturated rings. The van der Waals surface area contributed by atoms with Crippen molar-refractivity contribution in [3.8, 4) is 5.75 Å². The highest BCUT2D eigenvalue weighted by atomic mass is 79.9. The van der Waals surface area contributed by atoms with E-state index < -0.39 is 6.10 Å². The molecule has 0 radical (unpaired) electrons. The number of halogens is 1. The number of nitrogens with one attached hydrogen (secondary N) is 1. The molecule has 0 spiro atoms. The molecular weight excluding hydrogens is 354 g/mol. The van der Waals surface area contributed by atoms with E-state index in [1.54, 1.807) is 6.92 Å². The third-order valence-corrected chi connectivity index (χ3v) is 4.17. The van der Waals surface area contributed by atoms with E-state index in [0.29, 0.717) is 11.7 Å². The second kappa shape index (κ2) is 7.64. The van der Waals surface area contributed by atoms with Crippen LogP contribution in [0, 0.1) is 6.92 Å². The lowest BCUT2D eigenvalue weighted by Gasteiger charge is -2.16. The van der Waals surface area contributed by atoms with Crippen molar-refractivity contribution >= 4 is 27.5 Å². The molecule has 1 unspecified atom stereocenters. The maximum atomic E-state index is 12.3. The summed E-state index contributed by atoms with van der Waals surface area (Å²) in [6, 6.07) is 13.6. The number of ether oxygens (including phenoxy) is 1. The molecule has 2 aromatic rings. The summed E-state index contributed by atoms with van der Waals surface area (Å²) in [6.45, 7) is 8.00. The van der Waals surface area contributed by atoms with E-state index in [2.05, 4.69) is 35.1 Å².